The third kappa shape index (κ3) is 4.66. The molecule has 9 nitrogen and oxygen atoms in total. The van der Waals surface area contributed by atoms with Crippen LogP contribution in [0.5, 0.6) is 0 Å². The highest BCUT2D eigenvalue weighted by atomic mass is 32.2. The Kier molecular flexibility index (Phi) is 6.37. The van der Waals surface area contributed by atoms with E-state index in [0.29, 0.717) is 50.9 Å². The Balaban J connectivity index is 1.76. The number of hydrogen-bond acceptors (Lipinski definition) is 7. The van der Waals surface area contributed by atoms with E-state index >= 15 is 0 Å². The zero-order chi connectivity index (χ0) is 21.1. The lowest BCUT2D eigenvalue weighted by atomic mass is 9.76. The third-order valence-electron chi connectivity index (χ3n) is 5.90. The minimum absolute atomic E-state index is 0.180. The molecular weight excluding hydrogens is 406 g/mol. The molecule has 0 amide bonds. The van der Waals surface area contributed by atoms with E-state index in [2.05, 4.69) is 33.4 Å². The van der Waals surface area contributed by atoms with Crippen molar-refractivity contribution in [2.45, 2.75) is 38.1 Å². The van der Waals surface area contributed by atoms with Gasteiger partial charge >= 0.3 is 0 Å². The summed E-state index contributed by atoms with van der Waals surface area (Å²) in [6, 6.07) is 6.16. The van der Waals surface area contributed by atoms with E-state index in [-0.39, 0.29) is 11.8 Å². The van der Waals surface area contributed by atoms with Crippen molar-refractivity contribution in [2.24, 2.45) is 0 Å². The van der Waals surface area contributed by atoms with Gasteiger partial charge in [-0.1, -0.05) is 0 Å². The second kappa shape index (κ2) is 9.01. The number of pyridine rings is 1. The molecule has 0 radical (unpaired) electrons. The van der Waals surface area contributed by atoms with Crippen LogP contribution in [0.1, 0.15) is 31.0 Å². The lowest BCUT2D eigenvalue weighted by Crippen LogP contribution is -2.44. The van der Waals surface area contributed by atoms with E-state index < -0.39 is 16.5 Å². The Morgan fingerprint density at radius 1 is 1.27 bits per heavy atom. The van der Waals surface area contributed by atoms with Crippen molar-refractivity contribution in [2.75, 3.05) is 48.9 Å². The highest BCUT2D eigenvalue weighted by Gasteiger charge is 2.37. The number of nitrogens with zero attached hydrogens (tertiary/aromatic N) is 3. The molecule has 4 rings (SSSR count). The number of aryl methyl sites for hydroxylation is 1. The number of nitrogens with one attached hydrogen (secondary N) is 2. The van der Waals surface area contributed by atoms with E-state index in [1.165, 1.54) is 0 Å². The Morgan fingerprint density at radius 2 is 2.07 bits per heavy atom. The first-order valence-electron chi connectivity index (χ1n) is 10.3. The van der Waals surface area contributed by atoms with Gasteiger partial charge < -0.3 is 24.2 Å². The number of hydrogen-bond donors (Lipinski definition) is 3. The van der Waals surface area contributed by atoms with E-state index in [4.69, 9.17) is 14.5 Å². The summed E-state index contributed by atoms with van der Waals surface area (Å²) in [5.74, 6) is 2.37. The molecule has 164 valence electrons. The van der Waals surface area contributed by atoms with Gasteiger partial charge in [0, 0.05) is 36.9 Å². The van der Waals surface area contributed by atoms with E-state index in [1.54, 1.807) is 0 Å². The molecule has 2 aromatic rings. The van der Waals surface area contributed by atoms with Crippen LogP contribution < -0.4 is 10.2 Å². The van der Waals surface area contributed by atoms with Crippen LogP contribution in [0.2, 0.25) is 0 Å². The van der Waals surface area contributed by atoms with E-state index in [9.17, 15) is 8.76 Å². The maximum absolute atomic E-state index is 11.9. The lowest BCUT2D eigenvalue weighted by molar-refractivity contribution is 0.0573. The Labute approximate surface area is 178 Å². The summed E-state index contributed by atoms with van der Waals surface area (Å²) < 4.78 is 32.8. The normalized spacial score (nSPS) is 22.6. The number of aromatic nitrogens is 3. The molecule has 1 unspecified atom stereocenters. The van der Waals surface area contributed by atoms with Crippen LogP contribution in [-0.2, 0) is 26.0 Å². The number of anilines is 3. The molecule has 2 saturated heterocycles. The van der Waals surface area contributed by atoms with Gasteiger partial charge in [0.1, 0.15) is 11.6 Å². The van der Waals surface area contributed by atoms with Crippen LogP contribution in [0.15, 0.2) is 18.2 Å². The molecule has 30 heavy (non-hydrogen) atoms. The molecule has 0 aromatic carbocycles. The fourth-order valence-corrected chi connectivity index (χ4v) is 5.16. The minimum Gasteiger partial charge on any atom is -0.381 e. The molecule has 0 bridgehead atoms. The van der Waals surface area contributed by atoms with Gasteiger partial charge in [-0.3, -0.25) is 5.10 Å². The molecular formula is C20H29N5O4S. The number of ether oxygens (including phenoxy) is 2. The number of rotatable bonds is 6. The van der Waals surface area contributed by atoms with Crippen LogP contribution in [0, 0.1) is 6.92 Å². The number of H-pyrrole nitrogens is 1. The van der Waals surface area contributed by atoms with E-state index in [1.807, 2.05) is 19.1 Å². The number of morpholine rings is 1. The largest absolute Gasteiger partial charge is 0.381 e. The van der Waals surface area contributed by atoms with Crippen molar-refractivity contribution < 1.29 is 18.2 Å². The lowest BCUT2D eigenvalue weighted by Gasteiger charge is -2.39. The zero-order valence-corrected chi connectivity index (χ0v) is 18.2. The monoisotopic (exact) mass is 435 g/mol. The summed E-state index contributed by atoms with van der Waals surface area (Å²) in [5.41, 5.74) is 1.53. The maximum atomic E-state index is 11.9. The quantitative estimate of drug-likeness (QED) is 0.593. The molecule has 0 spiro atoms. The average Bonchev–Trinajstić information content (AvgIpc) is 3.13. The first-order chi connectivity index (χ1) is 14.4. The Morgan fingerprint density at radius 3 is 2.73 bits per heavy atom. The van der Waals surface area contributed by atoms with Crippen molar-refractivity contribution in [1.29, 1.82) is 0 Å². The Hall–Kier alpha value is -2.01. The topological polar surface area (TPSA) is 113 Å². The smallest absolute Gasteiger partial charge is 0.153 e. The summed E-state index contributed by atoms with van der Waals surface area (Å²) in [5, 5.41) is 10.5. The van der Waals surface area contributed by atoms with Crippen LogP contribution in [0.25, 0.3) is 0 Å². The van der Waals surface area contributed by atoms with Gasteiger partial charge in [0.05, 0.1) is 25.0 Å². The molecule has 2 aliphatic rings. The van der Waals surface area contributed by atoms with Gasteiger partial charge in [0.2, 0.25) is 0 Å². The van der Waals surface area contributed by atoms with Crippen molar-refractivity contribution >= 4 is 28.5 Å². The molecule has 2 aromatic heterocycles. The first kappa shape index (κ1) is 21.2. The molecule has 2 atom stereocenters. The van der Waals surface area contributed by atoms with Crippen LogP contribution in [-0.4, -0.2) is 68.7 Å². The van der Waals surface area contributed by atoms with Gasteiger partial charge in [-0.25, -0.2) is 9.19 Å². The molecule has 10 heteroatoms. The second-order valence-electron chi connectivity index (χ2n) is 8.14. The highest BCUT2D eigenvalue weighted by Crippen LogP contribution is 2.38. The molecule has 0 aliphatic carbocycles. The van der Waals surface area contributed by atoms with E-state index in [0.717, 1.165) is 23.6 Å². The van der Waals surface area contributed by atoms with Crippen molar-refractivity contribution in [3.63, 3.8) is 0 Å². The van der Waals surface area contributed by atoms with Crippen LogP contribution in [0.3, 0.4) is 0 Å². The van der Waals surface area contributed by atoms with Gasteiger partial charge in [-0.05, 0) is 44.4 Å². The summed E-state index contributed by atoms with van der Waals surface area (Å²) in [7, 11) is 0. The SMILES string of the molecule is Cc1cc(Nc2cc(C3(CS(=O)O)CCOCC3)cc(N3CCOC[C@H]3C)n2)n[nH]1. The molecule has 3 N–H and O–H groups in total. The zero-order valence-electron chi connectivity index (χ0n) is 17.4. The van der Waals surface area contributed by atoms with Crippen LogP contribution in [0.4, 0.5) is 17.5 Å². The first-order valence-corrected chi connectivity index (χ1v) is 11.5. The Bertz CT molecular complexity index is 899. The maximum Gasteiger partial charge on any atom is 0.153 e. The molecule has 2 aliphatic heterocycles. The molecule has 4 heterocycles. The summed E-state index contributed by atoms with van der Waals surface area (Å²) in [6.45, 7) is 7.25. The van der Waals surface area contributed by atoms with Crippen molar-refractivity contribution in [1.82, 2.24) is 15.2 Å². The van der Waals surface area contributed by atoms with Crippen molar-refractivity contribution in [3.05, 3.63) is 29.5 Å². The van der Waals surface area contributed by atoms with Gasteiger partial charge in [0.15, 0.2) is 16.9 Å². The fraction of sp³-hybridized carbons (Fsp3) is 0.600. The average molecular weight is 436 g/mol. The van der Waals surface area contributed by atoms with Gasteiger partial charge in [-0.15, -0.1) is 0 Å². The van der Waals surface area contributed by atoms with Gasteiger partial charge in [-0.2, -0.15) is 5.10 Å². The predicted molar refractivity (Wildman–Crippen MR) is 116 cm³/mol. The minimum atomic E-state index is -1.91. The highest BCUT2D eigenvalue weighted by molar-refractivity contribution is 7.79. The second-order valence-corrected chi connectivity index (χ2v) is 9.07. The van der Waals surface area contributed by atoms with Crippen molar-refractivity contribution in [3.8, 4) is 0 Å². The molecule has 0 saturated carbocycles. The van der Waals surface area contributed by atoms with Gasteiger partial charge in [0.25, 0.3) is 0 Å². The standard InChI is InChI=1S/C20H29N5O4S/c1-14-9-18(24-23-14)21-17-10-16(20(13-30(26)27)3-6-28-7-4-20)11-19(22-17)25-5-8-29-12-15(25)2/h9-11,15H,3-8,12-13H2,1-2H3,(H,26,27)(H2,21,22,23,24)/t15-/m1/s1. The molecule has 2 fully saturated rings. The third-order valence-corrected chi connectivity index (χ3v) is 6.70. The predicted octanol–water partition coefficient (Wildman–Crippen LogP) is 2.35. The van der Waals surface area contributed by atoms with Crippen LogP contribution >= 0.6 is 0 Å². The summed E-state index contributed by atoms with van der Waals surface area (Å²) >= 11 is -1.91. The summed E-state index contributed by atoms with van der Waals surface area (Å²) in [4.78, 5) is 7.09. The number of aromatic amines is 1. The summed E-state index contributed by atoms with van der Waals surface area (Å²) in [6.07, 6.45) is 1.39. The fourth-order valence-electron chi connectivity index (χ4n) is 4.23.